The second-order valence-corrected chi connectivity index (χ2v) is 6.05. The number of nitrogens with one attached hydrogen (secondary N) is 1. The van der Waals surface area contributed by atoms with Crippen LogP contribution < -0.4 is 10.1 Å². The molecule has 0 aliphatic heterocycles. The van der Waals surface area contributed by atoms with E-state index < -0.39 is 31.0 Å². The van der Waals surface area contributed by atoms with Crippen LogP contribution >= 0.6 is 11.3 Å². The molecule has 26 heavy (non-hydrogen) atoms. The maximum Gasteiger partial charge on any atom is 0.344 e. The fourth-order valence-electron chi connectivity index (χ4n) is 1.90. The summed E-state index contributed by atoms with van der Waals surface area (Å²) in [4.78, 5) is 46.7. The number of imide groups is 1. The molecule has 0 spiro atoms. The van der Waals surface area contributed by atoms with Gasteiger partial charge in [0.15, 0.2) is 19.0 Å². The third-order valence-electron chi connectivity index (χ3n) is 3.22. The Kier molecular flexibility index (Phi) is 7.04. The van der Waals surface area contributed by atoms with E-state index >= 15 is 0 Å². The van der Waals surface area contributed by atoms with Crippen molar-refractivity contribution in [1.29, 1.82) is 0 Å². The van der Waals surface area contributed by atoms with Crippen LogP contribution in [0.3, 0.4) is 0 Å². The van der Waals surface area contributed by atoms with Gasteiger partial charge in [-0.2, -0.15) is 0 Å². The fourth-order valence-corrected chi connectivity index (χ4v) is 2.52. The van der Waals surface area contributed by atoms with Crippen LogP contribution in [0.15, 0.2) is 41.8 Å². The first-order valence-electron chi connectivity index (χ1n) is 7.79. The summed E-state index contributed by atoms with van der Waals surface area (Å²) in [5.41, 5.74) is 0.564. The molecule has 2 rings (SSSR count). The van der Waals surface area contributed by atoms with E-state index in [0.29, 0.717) is 22.6 Å². The summed E-state index contributed by atoms with van der Waals surface area (Å²) in [5, 5.41) is 3.83. The van der Waals surface area contributed by atoms with Crippen LogP contribution in [0, 0.1) is 0 Å². The van der Waals surface area contributed by atoms with Crippen molar-refractivity contribution in [1.82, 2.24) is 5.32 Å². The molecular formula is C18H17NO6S. The zero-order chi connectivity index (χ0) is 18.9. The molecule has 8 heteroatoms. The van der Waals surface area contributed by atoms with E-state index in [1.165, 1.54) is 11.3 Å². The van der Waals surface area contributed by atoms with E-state index in [1.54, 1.807) is 48.7 Å². The minimum atomic E-state index is -0.752. The third kappa shape index (κ3) is 5.82. The summed E-state index contributed by atoms with van der Waals surface area (Å²) in [7, 11) is 0. The Hall–Kier alpha value is -3.00. The Balaban J connectivity index is 1.70. The summed E-state index contributed by atoms with van der Waals surface area (Å²) in [5.74, 6) is -1.61. The molecule has 0 atom stereocenters. The van der Waals surface area contributed by atoms with Gasteiger partial charge in [0.05, 0.1) is 4.88 Å². The minimum Gasteiger partial charge on any atom is -0.482 e. The molecule has 0 fully saturated rings. The van der Waals surface area contributed by atoms with Crippen molar-refractivity contribution in [3.8, 4) is 5.75 Å². The van der Waals surface area contributed by atoms with Gasteiger partial charge in [-0.25, -0.2) is 4.79 Å². The Bertz CT molecular complexity index is 783. The Morgan fingerprint density at radius 1 is 1.04 bits per heavy atom. The summed E-state index contributed by atoms with van der Waals surface area (Å²) in [6, 6.07) is 9.62. The van der Waals surface area contributed by atoms with Crippen LogP contribution in [0.5, 0.6) is 5.75 Å². The Morgan fingerprint density at radius 2 is 1.77 bits per heavy atom. The number of rotatable bonds is 8. The van der Waals surface area contributed by atoms with Gasteiger partial charge in [-0.1, -0.05) is 13.0 Å². The predicted molar refractivity (Wildman–Crippen MR) is 94.3 cm³/mol. The highest BCUT2D eigenvalue weighted by atomic mass is 32.1. The molecule has 0 bridgehead atoms. The number of hydrogen-bond acceptors (Lipinski definition) is 7. The highest BCUT2D eigenvalue weighted by Gasteiger charge is 2.13. The van der Waals surface area contributed by atoms with Crippen molar-refractivity contribution in [2.75, 3.05) is 13.2 Å². The maximum atomic E-state index is 11.7. The van der Waals surface area contributed by atoms with Gasteiger partial charge in [0, 0.05) is 12.0 Å². The lowest BCUT2D eigenvalue weighted by Gasteiger charge is -2.07. The van der Waals surface area contributed by atoms with Gasteiger partial charge in [-0.05, 0) is 35.7 Å². The van der Waals surface area contributed by atoms with Crippen LogP contribution in [0.1, 0.15) is 33.4 Å². The molecule has 0 saturated carbocycles. The first kappa shape index (κ1) is 19.3. The SMILES string of the molecule is CCC(=O)c1ccc(OCC(=O)OCC(=O)NC(=O)c2cccs2)cc1. The van der Waals surface area contributed by atoms with Gasteiger partial charge in [0.2, 0.25) is 0 Å². The summed E-state index contributed by atoms with van der Waals surface area (Å²) >= 11 is 1.19. The molecule has 2 aromatic rings. The molecule has 0 unspecified atom stereocenters. The first-order valence-corrected chi connectivity index (χ1v) is 8.67. The molecule has 0 aliphatic rings. The van der Waals surface area contributed by atoms with Gasteiger partial charge >= 0.3 is 5.97 Å². The van der Waals surface area contributed by atoms with Crippen LogP contribution in [0.2, 0.25) is 0 Å². The first-order chi connectivity index (χ1) is 12.5. The number of carbonyl (C=O) groups is 4. The van der Waals surface area contributed by atoms with Crippen molar-refractivity contribution >= 4 is 34.9 Å². The summed E-state index contributed by atoms with van der Waals surface area (Å²) in [6.45, 7) is 0.795. The molecule has 1 aromatic carbocycles. The molecule has 0 saturated heterocycles. The number of Topliss-reactive ketones (excluding diaryl/α,β-unsaturated/α-hetero) is 1. The molecule has 1 N–H and O–H groups in total. The smallest absolute Gasteiger partial charge is 0.344 e. The zero-order valence-electron chi connectivity index (χ0n) is 14.0. The Labute approximate surface area is 153 Å². The molecule has 1 aromatic heterocycles. The maximum absolute atomic E-state index is 11.7. The molecule has 136 valence electrons. The number of esters is 1. The van der Waals surface area contributed by atoms with Crippen molar-refractivity contribution in [2.24, 2.45) is 0 Å². The number of ketones is 1. The predicted octanol–water partition coefficient (Wildman–Crippen LogP) is 2.22. The molecule has 1 heterocycles. The largest absolute Gasteiger partial charge is 0.482 e. The number of carbonyl (C=O) groups excluding carboxylic acids is 4. The zero-order valence-corrected chi connectivity index (χ0v) is 14.8. The number of benzene rings is 1. The molecule has 7 nitrogen and oxygen atoms in total. The molecular weight excluding hydrogens is 358 g/mol. The van der Waals surface area contributed by atoms with Gasteiger partial charge in [0.1, 0.15) is 5.75 Å². The number of amides is 2. The van der Waals surface area contributed by atoms with Crippen LogP contribution in [0.4, 0.5) is 0 Å². The quantitative estimate of drug-likeness (QED) is 0.561. The Morgan fingerprint density at radius 3 is 2.38 bits per heavy atom. The average molecular weight is 375 g/mol. The fraction of sp³-hybridized carbons (Fsp3) is 0.222. The monoisotopic (exact) mass is 375 g/mol. The van der Waals surface area contributed by atoms with Crippen molar-refractivity contribution in [3.05, 3.63) is 52.2 Å². The standard InChI is InChI=1S/C18H17NO6S/c1-2-14(20)12-5-7-13(8-6-12)24-11-17(22)25-10-16(21)19-18(23)15-4-3-9-26-15/h3-9H,2,10-11H2,1H3,(H,19,21,23). The normalized spacial score (nSPS) is 10.0. The van der Waals surface area contributed by atoms with E-state index in [1.807, 2.05) is 0 Å². The van der Waals surface area contributed by atoms with Crippen molar-refractivity contribution in [2.45, 2.75) is 13.3 Å². The summed E-state index contributed by atoms with van der Waals surface area (Å²) in [6.07, 6.45) is 0.406. The third-order valence-corrected chi connectivity index (χ3v) is 4.08. The van der Waals surface area contributed by atoms with E-state index in [-0.39, 0.29) is 5.78 Å². The number of thiophene rings is 1. The van der Waals surface area contributed by atoms with Gasteiger partial charge in [0.25, 0.3) is 11.8 Å². The van der Waals surface area contributed by atoms with Crippen molar-refractivity contribution < 1.29 is 28.7 Å². The van der Waals surface area contributed by atoms with Crippen LogP contribution in [-0.4, -0.2) is 36.8 Å². The van der Waals surface area contributed by atoms with E-state index in [9.17, 15) is 19.2 Å². The van der Waals surface area contributed by atoms with Gasteiger partial charge in [-0.3, -0.25) is 19.7 Å². The van der Waals surface area contributed by atoms with E-state index in [0.717, 1.165) is 0 Å². The number of ether oxygens (including phenoxy) is 2. The van der Waals surface area contributed by atoms with Gasteiger partial charge in [-0.15, -0.1) is 11.3 Å². The average Bonchev–Trinajstić information content (AvgIpc) is 3.19. The highest BCUT2D eigenvalue weighted by molar-refractivity contribution is 7.12. The van der Waals surface area contributed by atoms with E-state index in [4.69, 9.17) is 9.47 Å². The van der Waals surface area contributed by atoms with Crippen LogP contribution in [-0.2, 0) is 14.3 Å². The van der Waals surface area contributed by atoms with Crippen molar-refractivity contribution in [3.63, 3.8) is 0 Å². The lowest BCUT2D eigenvalue weighted by molar-refractivity contribution is -0.150. The molecule has 0 aliphatic carbocycles. The molecule has 0 radical (unpaired) electrons. The lowest BCUT2D eigenvalue weighted by Crippen LogP contribution is -2.34. The second kappa shape index (κ2) is 9.47. The lowest BCUT2D eigenvalue weighted by atomic mass is 10.1. The second-order valence-electron chi connectivity index (χ2n) is 5.11. The highest BCUT2D eigenvalue weighted by Crippen LogP contribution is 2.13. The molecule has 2 amide bonds. The van der Waals surface area contributed by atoms with Gasteiger partial charge < -0.3 is 9.47 Å². The topological polar surface area (TPSA) is 98.8 Å². The minimum absolute atomic E-state index is 0.0130. The number of hydrogen-bond donors (Lipinski definition) is 1. The van der Waals surface area contributed by atoms with Crippen LogP contribution in [0.25, 0.3) is 0 Å². The van der Waals surface area contributed by atoms with E-state index in [2.05, 4.69) is 5.32 Å². The summed E-state index contributed by atoms with van der Waals surface area (Å²) < 4.78 is 9.97.